The van der Waals surface area contributed by atoms with Gasteiger partial charge >= 0.3 is 5.97 Å². The van der Waals surface area contributed by atoms with E-state index in [2.05, 4.69) is 5.32 Å². The Morgan fingerprint density at radius 3 is 2.52 bits per heavy atom. The van der Waals surface area contributed by atoms with Gasteiger partial charge in [-0.2, -0.15) is 0 Å². The number of hydrogen-bond acceptors (Lipinski definition) is 4. The summed E-state index contributed by atoms with van der Waals surface area (Å²) >= 11 is 0. The van der Waals surface area contributed by atoms with Gasteiger partial charge < -0.3 is 14.8 Å². The van der Waals surface area contributed by atoms with Crippen molar-refractivity contribution in [2.24, 2.45) is 0 Å². The van der Waals surface area contributed by atoms with Crippen LogP contribution < -0.4 is 10.1 Å². The average molecular weight is 313 g/mol. The van der Waals surface area contributed by atoms with Gasteiger partial charge in [-0.25, -0.2) is 4.79 Å². The second kappa shape index (κ2) is 7.98. The molecule has 2 aromatic carbocycles. The third-order valence-corrected chi connectivity index (χ3v) is 3.05. The molecule has 0 fully saturated rings. The maximum Gasteiger partial charge on any atom is 0.338 e. The summed E-state index contributed by atoms with van der Waals surface area (Å²) in [5, 5.41) is 2.69. The van der Waals surface area contributed by atoms with Crippen molar-refractivity contribution in [3.63, 3.8) is 0 Å². The van der Waals surface area contributed by atoms with Crippen molar-refractivity contribution in [3.8, 4) is 5.75 Å². The van der Waals surface area contributed by atoms with Crippen LogP contribution in [-0.2, 0) is 9.53 Å². The number of esters is 1. The lowest BCUT2D eigenvalue weighted by molar-refractivity contribution is -0.118. The number of rotatable bonds is 6. The zero-order chi connectivity index (χ0) is 16.7. The van der Waals surface area contributed by atoms with Crippen LogP contribution in [0.2, 0.25) is 0 Å². The Morgan fingerprint density at radius 2 is 1.83 bits per heavy atom. The normalized spacial score (nSPS) is 10.0. The van der Waals surface area contributed by atoms with Crippen molar-refractivity contribution < 1.29 is 19.1 Å². The molecule has 0 spiro atoms. The molecule has 0 aliphatic carbocycles. The Balaban J connectivity index is 1.91. The number of ether oxygens (including phenoxy) is 2. The first-order valence-electron chi connectivity index (χ1n) is 7.35. The van der Waals surface area contributed by atoms with E-state index in [1.807, 2.05) is 31.2 Å². The SMILES string of the molecule is CCOC(=O)c1cccc(NC(=O)COc2ccc(C)cc2)c1. The minimum atomic E-state index is -0.417. The topological polar surface area (TPSA) is 64.6 Å². The molecule has 2 rings (SSSR count). The van der Waals surface area contributed by atoms with Gasteiger partial charge in [0.25, 0.3) is 5.91 Å². The summed E-state index contributed by atoms with van der Waals surface area (Å²) in [4.78, 5) is 23.6. The Kier molecular flexibility index (Phi) is 5.74. The highest BCUT2D eigenvalue weighted by Crippen LogP contribution is 2.13. The molecule has 0 atom stereocenters. The molecule has 0 bridgehead atoms. The third-order valence-electron chi connectivity index (χ3n) is 3.05. The van der Waals surface area contributed by atoms with Crippen molar-refractivity contribution in [3.05, 3.63) is 59.7 Å². The zero-order valence-corrected chi connectivity index (χ0v) is 13.2. The monoisotopic (exact) mass is 313 g/mol. The molecule has 120 valence electrons. The number of carbonyl (C=O) groups excluding carboxylic acids is 2. The van der Waals surface area contributed by atoms with Gasteiger partial charge in [0.1, 0.15) is 5.75 Å². The molecule has 0 radical (unpaired) electrons. The predicted octanol–water partition coefficient (Wildman–Crippen LogP) is 3.19. The minimum absolute atomic E-state index is 0.104. The van der Waals surface area contributed by atoms with E-state index in [4.69, 9.17) is 9.47 Å². The fourth-order valence-corrected chi connectivity index (χ4v) is 1.92. The number of carbonyl (C=O) groups is 2. The lowest BCUT2D eigenvalue weighted by Gasteiger charge is -2.09. The summed E-state index contributed by atoms with van der Waals surface area (Å²) in [6.45, 7) is 3.92. The van der Waals surface area contributed by atoms with E-state index in [1.54, 1.807) is 31.2 Å². The van der Waals surface area contributed by atoms with Crippen LogP contribution >= 0.6 is 0 Å². The highest BCUT2D eigenvalue weighted by molar-refractivity contribution is 5.95. The molecule has 23 heavy (non-hydrogen) atoms. The number of anilines is 1. The highest BCUT2D eigenvalue weighted by atomic mass is 16.5. The molecule has 0 aliphatic rings. The van der Waals surface area contributed by atoms with E-state index >= 15 is 0 Å². The summed E-state index contributed by atoms with van der Waals surface area (Å²) < 4.78 is 10.3. The second-order valence-corrected chi connectivity index (χ2v) is 4.95. The zero-order valence-electron chi connectivity index (χ0n) is 13.2. The van der Waals surface area contributed by atoms with Gasteiger partial charge in [-0.15, -0.1) is 0 Å². The standard InChI is InChI=1S/C18H19NO4/c1-3-22-18(21)14-5-4-6-15(11-14)19-17(20)12-23-16-9-7-13(2)8-10-16/h4-11H,3,12H2,1-2H3,(H,19,20). The summed E-state index contributed by atoms with van der Waals surface area (Å²) in [5.41, 5.74) is 2.04. The van der Waals surface area contributed by atoms with Crippen LogP contribution in [0.25, 0.3) is 0 Å². The maximum atomic E-state index is 11.9. The quantitative estimate of drug-likeness (QED) is 0.832. The van der Waals surface area contributed by atoms with Crippen molar-refractivity contribution in [2.45, 2.75) is 13.8 Å². The van der Waals surface area contributed by atoms with Gasteiger partial charge in [0.2, 0.25) is 0 Å². The first-order valence-corrected chi connectivity index (χ1v) is 7.35. The number of hydrogen-bond donors (Lipinski definition) is 1. The number of nitrogens with one attached hydrogen (secondary N) is 1. The fourth-order valence-electron chi connectivity index (χ4n) is 1.92. The maximum absolute atomic E-state index is 11.9. The van der Waals surface area contributed by atoms with Gasteiger partial charge in [-0.05, 0) is 44.2 Å². The summed E-state index contributed by atoms with van der Waals surface area (Å²) in [7, 11) is 0. The summed E-state index contributed by atoms with van der Waals surface area (Å²) in [6, 6.07) is 14.0. The second-order valence-electron chi connectivity index (χ2n) is 4.95. The first kappa shape index (κ1) is 16.5. The molecule has 0 aliphatic heterocycles. The number of amides is 1. The van der Waals surface area contributed by atoms with E-state index < -0.39 is 5.97 Å². The van der Waals surface area contributed by atoms with Crippen LogP contribution in [0.1, 0.15) is 22.8 Å². The van der Waals surface area contributed by atoms with Crippen molar-refractivity contribution >= 4 is 17.6 Å². The lowest BCUT2D eigenvalue weighted by Crippen LogP contribution is -2.20. The number of benzene rings is 2. The largest absolute Gasteiger partial charge is 0.484 e. The minimum Gasteiger partial charge on any atom is -0.484 e. The highest BCUT2D eigenvalue weighted by Gasteiger charge is 2.09. The van der Waals surface area contributed by atoms with E-state index in [9.17, 15) is 9.59 Å². The third kappa shape index (κ3) is 5.14. The van der Waals surface area contributed by atoms with Gasteiger partial charge in [0.05, 0.1) is 12.2 Å². The van der Waals surface area contributed by atoms with Crippen LogP contribution in [0.5, 0.6) is 5.75 Å². The Bertz CT molecular complexity index is 680. The molecule has 1 N–H and O–H groups in total. The van der Waals surface area contributed by atoms with E-state index in [-0.39, 0.29) is 12.5 Å². The predicted molar refractivity (Wildman–Crippen MR) is 87.7 cm³/mol. The van der Waals surface area contributed by atoms with Crippen LogP contribution in [0.4, 0.5) is 5.69 Å². The molecule has 0 saturated heterocycles. The van der Waals surface area contributed by atoms with Crippen LogP contribution in [-0.4, -0.2) is 25.1 Å². The molecule has 5 nitrogen and oxygen atoms in total. The molecule has 0 heterocycles. The van der Waals surface area contributed by atoms with Crippen LogP contribution in [0, 0.1) is 6.92 Å². The summed E-state index contributed by atoms with van der Waals surface area (Å²) in [5.74, 6) is -0.0860. The molecular formula is C18H19NO4. The van der Waals surface area contributed by atoms with Crippen LogP contribution in [0.15, 0.2) is 48.5 Å². The smallest absolute Gasteiger partial charge is 0.338 e. The molecule has 0 saturated carbocycles. The van der Waals surface area contributed by atoms with Crippen molar-refractivity contribution in [1.29, 1.82) is 0 Å². The molecule has 5 heteroatoms. The Morgan fingerprint density at radius 1 is 1.09 bits per heavy atom. The van der Waals surface area contributed by atoms with Gasteiger partial charge in [0.15, 0.2) is 6.61 Å². The molecular weight excluding hydrogens is 294 g/mol. The van der Waals surface area contributed by atoms with Crippen molar-refractivity contribution in [1.82, 2.24) is 0 Å². The van der Waals surface area contributed by atoms with Gasteiger partial charge in [0, 0.05) is 5.69 Å². The van der Waals surface area contributed by atoms with Gasteiger partial charge in [-0.3, -0.25) is 4.79 Å². The fraction of sp³-hybridized carbons (Fsp3) is 0.222. The van der Waals surface area contributed by atoms with Gasteiger partial charge in [-0.1, -0.05) is 23.8 Å². The Hall–Kier alpha value is -2.82. The van der Waals surface area contributed by atoms with E-state index in [1.165, 1.54) is 0 Å². The molecule has 0 aromatic heterocycles. The first-order chi connectivity index (χ1) is 11.1. The van der Waals surface area contributed by atoms with E-state index in [0.29, 0.717) is 23.6 Å². The van der Waals surface area contributed by atoms with Crippen LogP contribution in [0.3, 0.4) is 0 Å². The molecule has 0 unspecified atom stereocenters. The molecule has 2 aromatic rings. The van der Waals surface area contributed by atoms with E-state index in [0.717, 1.165) is 5.56 Å². The summed E-state index contributed by atoms with van der Waals surface area (Å²) in [6.07, 6.45) is 0. The molecule has 1 amide bonds. The average Bonchev–Trinajstić information content (AvgIpc) is 2.55. The van der Waals surface area contributed by atoms with Crippen molar-refractivity contribution in [2.75, 3.05) is 18.5 Å². The Labute approximate surface area is 135 Å². The number of aryl methyl sites for hydroxylation is 1. The lowest BCUT2D eigenvalue weighted by atomic mass is 10.2.